The van der Waals surface area contributed by atoms with E-state index in [0.717, 1.165) is 61.3 Å². The van der Waals surface area contributed by atoms with E-state index in [1.807, 2.05) is 24.4 Å². The molecule has 1 atom stereocenters. The molecular weight excluding hydrogens is 404 g/mol. The SMILES string of the molecule is CC(C)c1cnn2c(NCc3ccccc3OC3CCC3)nc(OC3CCCNC3)nc12. The Bertz CT molecular complexity index is 1060. The highest BCUT2D eigenvalue weighted by molar-refractivity contribution is 5.53. The van der Waals surface area contributed by atoms with Crippen molar-refractivity contribution in [1.29, 1.82) is 0 Å². The predicted octanol–water partition coefficient (Wildman–Crippen LogP) is 3.92. The first-order chi connectivity index (χ1) is 15.7. The number of rotatable bonds is 8. The number of nitrogens with one attached hydrogen (secondary N) is 2. The van der Waals surface area contributed by atoms with Gasteiger partial charge in [0.05, 0.1) is 12.3 Å². The van der Waals surface area contributed by atoms with Crippen LogP contribution < -0.4 is 20.1 Å². The maximum absolute atomic E-state index is 6.19. The van der Waals surface area contributed by atoms with Crippen molar-refractivity contribution in [2.45, 2.75) is 70.6 Å². The molecule has 2 N–H and O–H groups in total. The Morgan fingerprint density at radius 2 is 1.94 bits per heavy atom. The highest BCUT2D eigenvalue weighted by Crippen LogP contribution is 2.29. The van der Waals surface area contributed by atoms with Crippen molar-refractivity contribution in [2.24, 2.45) is 0 Å². The van der Waals surface area contributed by atoms with E-state index in [0.29, 0.717) is 30.5 Å². The lowest BCUT2D eigenvalue weighted by Gasteiger charge is -2.27. The summed E-state index contributed by atoms with van der Waals surface area (Å²) in [6.45, 7) is 6.72. The van der Waals surface area contributed by atoms with Gasteiger partial charge in [-0.1, -0.05) is 32.0 Å². The van der Waals surface area contributed by atoms with E-state index in [1.165, 1.54) is 6.42 Å². The van der Waals surface area contributed by atoms with Crippen molar-refractivity contribution in [1.82, 2.24) is 24.9 Å². The van der Waals surface area contributed by atoms with Gasteiger partial charge in [-0.05, 0) is 50.6 Å². The van der Waals surface area contributed by atoms with Crippen LogP contribution in [-0.2, 0) is 6.54 Å². The molecule has 32 heavy (non-hydrogen) atoms. The fourth-order valence-corrected chi connectivity index (χ4v) is 4.13. The number of piperidine rings is 1. The summed E-state index contributed by atoms with van der Waals surface area (Å²) in [5.74, 6) is 1.86. The van der Waals surface area contributed by atoms with Crippen molar-refractivity contribution in [3.05, 3.63) is 41.6 Å². The van der Waals surface area contributed by atoms with E-state index in [4.69, 9.17) is 14.5 Å². The lowest BCUT2D eigenvalue weighted by molar-refractivity contribution is 0.119. The van der Waals surface area contributed by atoms with Crippen molar-refractivity contribution in [3.63, 3.8) is 0 Å². The Morgan fingerprint density at radius 1 is 1.09 bits per heavy atom. The van der Waals surface area contributed by atoms with Gasteiger partial charge in [0.15, 0.2) is 5.65 Å². The van der Waals surface area contributed by atoms with Gasteiger partial charge in [0.2, 0.25) is 5.95 Å². The molecule has 1 aromatic carbocycles. The number of anilines is 1. The van der Waals surface area contributed by atoms with E-state index < -0.39 is 0 Å². The van der Waals surface area contributed by atoms with Gasteiger partial charge in [0.25, 0.3) is 0 Å². The first-order valence-corrected chi connectivity index (χ1v) is 11.8. The number of benzene rings is 1. The minimum atomic E-state index is 0.0843. The first-order valence-electron chi connectivity index (χ1n) is 11.8. The van der Waals surface area contributed by atoms with Crippen LogP contribution in [0.1, 0.15) is 63.0 Å². The number of ether oxygens (including phenoxy) is 2. The molecule has 3 aromatic rings. The third kappa shape index (κ3) is 4.50. The molecule has 1 aliphatic heterocycles. The van der Waals surface area contributed by atoms with Gasteiger partial charge in [-0.25, -0.2) is 0 Å². The number of para-hydroxylation sites is 1. The van der Waals surface area contributed by atoms with Crippen LogP contribution in [0.25, 0.3) is 5.65 Å². The van der Waals surface area contributed by atoms with E-state index in [9.17, 15) is 0 Å². The van der Waals surface area contributed by atoms with Crippen LogP contribution >= 0.6 is 0 Å². The molecule has 3 heterocycles. The Labute approximate surface area is 188 Å². The van der Waals surface area contributed by atoms with Gasteiger partial charge in [-0.3, -0.25) is 0 Å². The summed E-state index contributed by atoms with van der Waals surface area (Å²) < 4.78 is 14.1. The van der Waals surface area contributed by atoms with Gasteiger partial charge in [0.1, 0.15) is 11.9 Å². The molecule has 1 saturated carbocycles. The first kappa shape index (κ1) is 21.0. The number of nitrogens with zero attached hydrogens (tertiary/aromatic N) is 4. The molecule has 0 radical (unpaired) electrons. The van der Waals surface area contributed by atoms with Crippen molar-refractivity contribution < 1.29 is 9.47 Å². The fraction of sp³-hybridized carbons (Fsp3) is 0.542. The van der Waals surface area contributed by atoms with Gasteiger partial charge in [-0.15, -0.1) is 0 Å². The third-order valence-corrected chi connectivity index (χ3v) is 6.28. The van der Waals surface area contributed by atoms with Crippen LogP contribution in [0.5, 0.6) is 11.8 Å². The molecule has 8 heteroatoms. The van der Waals surface area contributed by atoms with Gasteiger partial charge < -0.3 is 20.1 Å². The minimum Gasteiger partial charge on any atom is -0.490 e. The summed E-state index contributed by atoms with van der Waals surface area (Å²) in [5, 5.41) is 11.4. The molecule has 2 fully saturated rings. The molecule has 0 amide bonds. The number of hydrogen-bond donors (Lipinski definition) is 2. The molecule has 8 nitrogen and oxygen atoms in total. The number of aromatic nitrogens is 4. The summed E-state index contributed by atoms with van der Waals surface area (Å²) in [7, 11) is 0. The maximum atomic E-state index is 6.19. The summed E-state index contributed by atoms with van der Waals surface area (Å²) in [6.07, 6.45) is 7.92. The third-order valence-electron chi connectivity index (χ3n) is 6.28. The molecule has 1 aliphatic carbocycles. The molecule has 1 unspecified atom stereocenters. The van der Waals surface area contributed by atoms with Crippen LogP contribution in [0.2, 0.25) is 0 Å². The fourth-order valence-electron chi connectivity index (χ4n) is 4.13. The Balaban J connectivity index is 1.41. The molecule has 2 aliphatic rings. The zero-order valence-corrected chi connectivity index (χ0v) is 18.9. The van der Waals surface area contributed by atoms with Crippen LogP contribution in [-0.4, -0.2) is 44.9 Å². The average molecular weight is 437 g/mol. The van der Waals surface area contributed by atoms with E-state index >= 15 is 0 Å². The lowest BCUT2D eigenvalue weighted by atomic mass is 9.96. The smallest absolute Gasteiger partial charge is 0.322 e. The van der Waals surface area contributed by atoms with E-state index in [-0.39, 0.29) is 6.10 Å². The minimum absolute atomic E-state index is 0.0843. The Kier molecular flexibility index (Phi) is 6.12. The molecule has 1 saturated heterocycles. The summed E-state index contributed by atoms with van der Waals surface area (Å²) >= 11 is 0. The molecule has 5 rings (SSSR count). The summed E-state index contributed by atoms with van der Waals surface area (Å²) in [5.41, 5.74) is 2.97. The quantitative estimate of drug-likeness (QED) is 0.553. The van der Waals surface area contributed by atoms with Crippen LogP contribution in [0.3, 0.4) is 0 Å². The molecule has 170 valence electrons. The normalized spacial score (nSPS) is 19.2. The van der Waals surface area contributed by atoms with Crippen LogP contribution in [0.4, 0.5) is 5.95 Å². The standard InChI is InChI=1S/C24H32N6O2/c1-16(2)20-15-27-30-22(20)28-24(32-19-10-6-12-25-14-19)29-23(30)26-13-17-7-3-4-11-21(17)31-18-8-5-9-18/h3-4,7,11,15-16,18-19,25H,5-6,8-10,12-14H2,1-2H3,(H,26,28,29). The molecular formula is C24H32N6O2. The van der Waals surface area contributed by atoms with E-state index in [1.54, 1.807) is 4.52 Å². The van der Waals surface area contributed by atoms with Gasteiger partial charge in [-0.2, -0.15) is 19.6 Å². The zero-order valence-electron chi connectivity index (χ0n) is 18.9. The average Bonchev–Trinajstić information content (AvgIpc) is 3.20. The van der Waals surface area contributed by atoms with E-state index in [2.05, 4.69) is 40.6 Å². The highest BCUT2D eigenvalue weighted by Gasteiger charge is 2.22. The van der Waals surface area contributed by atoms with Gasteiger partial charge in [0, 0.05) is 24.2 Å². The summed E-state index contributed by atoms with van der Waals surface area (Å²) in [4.78, 5) is 9.40. The topological polar surface area (TPSA) is 85.6 Å². The monoisotopic (exact) mass is 436 g/mol. The second-order valence-electron chi connectivity index (χ2n) is 9.04. The highest BCUT2D eigenvalue weighted by atomic mass is 16.5. The molecule has 2 aromatic heterocycles. The molecule has 0 bridgehead atoms. The Morgan fingerprint density at radius 3 is 2.69 bits per heavy atom. The van der Waals surface area contributed by atoms with Crippen molar-refractivity contribution in [3.8, 4) is 11.8 Å². The summed E-state index contributed by atoms with van der Waals surface area (Å²) in [6, 6.07) is 8.59. The Hall–Kier alpha value is -2.87. The lowest BCUT2D eigenvalue weighted by Crippen LogP contribution is -2.37. The maximum Gasteiger partial charge on any atom is 0.322 e. The van der Waals surface area contributed by atoms with Crippen LogP contribution in [0.15, 0.2) is 30.5 Å². The molecule has 0 spiro atoms. The predicted molar refractivity (Wildman–Crippen MR) is 123 cm³/mol. The van der Waals surface area contributed by atoms with Gasteiger partial charge >= 0.3 is 6.01 Å². The largest absolute Gasteiger partial charge is 0.490 e. The second kappa shape index (κ2) is 9.32. The second-order valence-corrected chi connectivity index (χ2v) is 9.04. The van der Waals surface area contributed by atoms with Crippen LogP contribution in [0, 0.1) is 0 Å². The van der Waals surface area contributed by atoms with Crippen molar-refractivity contribution in [2.75, 3.05) is 18.4 Å². The number of fused-ring (bicyclic) bond motifs is 1. The van der Waals surface area contributed by atoms with Crippen molar-refractivity contribution >= 4 is 11.6 Å². The zero-order chi connectivity index (χ0) is 21.9. The number of hydrogen-bond acceptors (Lipinski definition) is 7.